The van der Waals surface area contributed by atoms with Crippen LogP contribution in [0.1, 0.15) is 37.0 Å². The molecule has 0 saturated heterocycles. The summed E-state index contributed by atoms with van der Waals surface area (Å²) in [5.41, 5.74) is 2.11. The third-order valence-corrected chi connectivity index (χ3v) is 6.22. The monoisotopic (exact) mass is 507 g/mol. The van der Waals surface area contributed by atoms with Gasteiger partial charge in [-0.2, -0.15) is 0 Å². The Morgan fingerprint density at radius 1 is 0.917 bits per heavy atom. The van der Waals surface area contributed by atoms with Gasteiger partial charge in [-0.15, -0.1) is 11.3 Å². The zero-order valence-corrected chi connectivity index (χ0v) is 20.2. The van der Waals surface area contributed by atoms with Gasteiger partial charge in [0.1, 0.15) is 28.1 Å². The highest BCUT2D eigenvalue weighted by molar-refractivity contribution is 7.09. The molecule has 3 aromatic carbocycles. The lowest BCUT2D eigenvalue weighted by atomic mass is 10.1. The zero-order chi connectivity index (χ0) is 25.5. The number of thiazole rings is 1. The minimum atomic E-state index is -0.372. The van der Waals surface area contributed by atoms with Crippen molar-refractivity contribution in [2.45, 2.75) is 19.6 Å². The van der Waals surface area contributed by atoms with Crippen LogP contribution in [0.15, 0.2) is 78.2 Å². The number of rotatable bonds is 9. The normalized spacial score (nSPS) is 10.6. The summed E-state index contributed by atoms with van der Waals surface area (Å²) in [5.74, 6) is -0.927. The number of ether oxygens (including phenoxy) is 1. The third-order valence-electron chi connectivity index (χ3n) is 5.39. The average molecular weight is 508 g/mol. The zero-order valence-electron chi connectivity index (χ0n) is 19.4. The van der Waals surface area contributed by atoms with Gasteiger partial charge in [-0.25, -0.2) is 13.8 Å². The Labute approximate surface area is 211 Å². The lowest BCUT2D eigenvalue weighted by molar-refractivity contribution is 0.0726. The first-order chi connectivity index (χ1) is 17.4. The van der Waals surface area contributed by atoms with Crippen LogP contribution >= 0.6 is 11.3 Å². The fraction of sp³-hybridized carbons (Fsp3) is 0.148. The van der Waals surface area contributed by atoms with E-state index in [1.807, 2.05) is 0 Å². The molecule has 0 atom stereocenters. The van der Waals surface area contributed by atoms with Crippen LogP contribution in [-0.4, -0.2) is 28.8 Å². The van der Waals surface area contributed by atoms with Crippen LogP contribution in [0.5, 0.6) is 5.75 Å². The fourth-order valence-corrected chi connectivity index (χ4v) is 4.32. The molecule has 1 heterocycles. The lowest BCUT2D eigenvalue weighted by Crippen LogP contribution is -2.30. The van der Waals surface area contributed by atoms with Crippen LogP contribution < -0.4 is 10.1 Å². The molecule has 4 rings (SSSR count). The lowest BCUT2D eigenvalue weighted by Gasteiger charge is -2.23. The predicted octanol–water partition coefficient (Wildman–Crippen LogP) is 5.20. The standard InChI is InChI=1S/C27H23F2N3O3S/c1-35-24-5-3-2-4-22(24)27(34)32(15-19-8-12-21(29)13-9-19)16-25-31-23(17-36-25)26(33)30-14-18-6-10-20(28)11-7-18/h2-13,17H,14-16H2,1H3,(H,30,33). The number of para-hydroxylation sites is 1. The van der Waals surface area contributed by atoms with E-state index in [2.05, 4.69) is 10.3 Å². The van der Waals surface area contributed by atoms with E-state index < -0.39 is 0 Å². The largest absolute Gasteiger partial charge is 0.496 e. The number of hydrogen-bond acceptors (Lipinski definition) is 5. The van der Waals surface area contributed by atoms with Crippen LogP contribution in [0.4, 0.5) is 8.78 Å². The highest BCUT2D eigenvalue weighted by Gasteiger charge is 2.22. The van der Waals surface area contributed by atoms with Crippen LogP contribution in [0.3, 0.4) is 0 Å². The first kappa shape index (κ1) is 25.0. The second-order valence-corrected chi connectivity index (χ2v) is 8.87. The number of amides is 2. The van der Waals surface area contributed by atoms with E-state index in [-0.39, 0.29) is 48.8 Å². The van der Waals surface area contributed by atoms with Crippen molar-refractivity contribution in [3.05, 3.63) is 117 Å². The SMILES string of the molecule is COc1ccccc1C(=O)N(Cc1ccc(F)cc1)Cc1nc(C(=O)NCc2ccc(F)cc2)cs1. The molecule has 0 aliphatic heterocycles. The summed E-state index contributed by atoms with van der Waals surface area (Å²) in [5, 5.41) is 4.95. The summed E-state index contributed by atoms with van der Waals surface area (Å²) in [7, 11) is 1.49. The van der Waals surface area contributed by atoms with Crippen LogP contribution in [0.2, 0.25) is 0 Å². The highest BCUT2D eigenvalue weighted by atomic mass is 32.1. The summed E-state index contributed by atoms with van der Waals surface area (Å²) in [4.78, 5) is 32.0. The molecule has 4 aromatic rings. The molecule has 2 amide bonds. The smallest absolute Gasteiger partial charge is 0.271 e. The van der Waals surface area contributed by atoms with Crippen LogP contribution in [0.25, 0.3) is 0 Å². The van der Waals surface area contributed by atoms with Gasteiger partial charge in [-0.3, -0.25) is 9.59 Å². The number of nitrogens with one attached hydrogen (secondary N) is 1. The topological polar surface area (TPSA) is 71.5 Å². The molecule has 1 N–H and O–H groups in total. The van der Waals surface area contributed by atoms with Crippen molar-refractivity contribution in [2.75, 3.05) is 7.11 Å². The van der Waals surface area contributed by atoms with Gasteiger partial charge >= 0.3 is 0 Å². The first-order valence-electron chi connectivity index (χ1n) is 11.1. The predicted molar refractivity (Wildman–Crippen MR) is 133 cm³/mol. The number of methoxy groups -OCH3 is 1. The molecule has 0 spiro atoms. The molecule has 0 aliphatic rings. The second kappa shape index (κ2) is 11.5. The summed E-state index contributed by atoms with van der Waals surface area (Å²) in [6, 6.07) is 18.7. The van der Waals surface area contributed by atoms with Crippen LogP contribution in [0, 0.1) is 11.6 Å². The summed E-state index contributed by atoms with van der Waals surface area (Å²) in [6.45, 7) is 0.585. The van der Waals surface area contributed by atoms with Crippen molar-refractivity contribution in [1.29, 1.82) is 0 Å². The molecule has 6 nitrogen and oxygen atoms in total. The van der Waals surface area contributed by atoms with Gasteiger partial charge in [-0.1, -0.05) is 36.4 Å². The highest BCUT2D eigenvalue weighted by Crippen LogP contribution is 2.23. The Morgan fingerprint density at radius 3 is 2.22 bits per heavy atom. The van der Waals surface area contributed by atoms with Gasteiger partial charge in [0.15, 0.2) is 0 Å². The van der Waals surface area contributed by atoms with Gasteiger partial charge in [0.05, 0.1) is 19.2 Å². The fourth-order valence-electron chi connectivity index (χ4n) is 3.53. The molecule has 0 aliphatic carbocycles. The molecular weight excluding hydrogens is 484 g/mol. The van der Waals surface area contributed by atoms with E-state index in [0.717, 1.165) is 11.1 Å². The van der Waals surface area contributed by atoms with Gasteiger partial charge in [-0.05, 0) is 47.5 Å². The van der Waals surface area contributed by atoms with E-state index in [1.165, 1.54) is 42.7 Å². The number of nitrogens with zero attached hydrogens (tertiary/aromatic N) is 2. The minimum Gasteiger partial charge on any atom is -0.496 e. The van der Waals surface area contributed by atoms with Gasteiger partial charge in [0, 0.05) is 18.5 Å². The Kier molecular flexibility index (Phi) is 8.02. The maximum Gasteiger partial charge on any atom is 0.271 e. The van der Waals surface area contributed by atoms with E-state index in [9.17, 15) is 18.4 Å². The number of hydrogen-bond donors (Lipinski definition) is 1. The van der Waals surface area contributed by atoms with Crippen molar-refractivity contribution < 1.29 is 23.1 Å². The van der Waals surface area contributed by atoms with E-state index in [0.29, 0.717) is 16.3 Å². The number of carbonyl (C=O) groups is 2. The number of benzene rings is 3. The molecule has 0 fully saturated rings. The van der Waals surface area contributed by atoms with Crippen molar-refractivity contribution in [2.24, 2.45) is 0 Å². The molecule has 0 radical (unpaired) electrons. The molecular formula is C27H23F2N3O3S. The summed E-state index contributed by atoms with van der Waals surface area (Å²) in [6.07, 6.45) is 0. The first-order valence-corrected chi connectivity index (χ1v) is 11.9. The number of carbonyl (C=O) groups excluding carboxylic acids is 2. The number of aromatic nitrogens is 1. The number of halogens is 2. The summed E-state index contributed by atoms with van der Waals surface area (Å²) < 4.78 is 31.8. The van der Waals surface area contributed by atoms with Gasteiger partial charge in [0.25, 0.3) is 11.8 Å². The van der Waals surface area contributed by atoms with Crippen molar-refractivity contribution >= 4 is 23.2 Å². The molecule has 36 heavy (non-hydrogen) atoms. The van der Waals surface area contributed by atoms with E-state index >= 15 is 0 Å². The van der Waals surface area contributed by atoms with E-state index in [4.69, 9.17) is 4.74 Å². The Bertz CT molecular complexity index is 1340. The second-order valence-electron chi connectivity index (χ2n) is 7.92. The Morgan fingerprint density at radius 2 is 1.56 bits per heavy atom. The van der Waals surface area contributed by atoms with Crippen LogP contribution in [-0.2, 0) is 19.6 Å². The van der Waals surface area contributed by atoms with Gasteiger partial charge < -0.3 is 15.0 Å². The summed E-state index contributed by atoms with van der Waals surface area (Å²) >= 11 is 1.26. The molecule has 184 valence electrons. The quantitative estimate of drug-likeness (QED) is 0.338. The van der Waals surface area contributed by atoms with E-state index in [1.54, 1.807) is 58.8 Å². The maximum atomic E-state index is 13.5. The minimum absolute atomic E-state index is 0.143. The molecule has 0 bridgehead atoms. The molecule has 1 aromatic heterocycles. The van der Waals surface area contributed by atoms with Crippen molar-refractivity contribution in [1.82, 2.24) is 15.2 Å². The molecule has 0 unspecified atom stereocenters. The molecule has 9 heteroatoms. The van der Waals surface area contributed by atoms with Crippen molar-refractivity contribution in [3.63, 3.8) is 0 Å². The molecule has 0 saturated carbocycles. The maximum absolute atomic E-state index is 13.5. The Hall–Kier alpha value is -4.11. The Balaban J connectivity index is 1.50. The third kappa shape index (κ3) is 6.31. The van der Waals surface area contributed by atoms with Gasteiger partial charge in [0.2, 0.25) is 0 Å². The van der Waals surface area contributed by atoms with Crippen molar-refractivity contribution in [3.8, 4) is 5.75 Å². The average Bonchev–Trinajstić information content (AvgIpc) is 3.37.